The maximum Gasteiger partial charge on any atom is 0.0637 e. The summed E-state index contributed by atoms with van der Waals surface area (Å²) in [6.45, 7) is 9.62. The van der Waals surface area contributed by atoms with Crippen molar-refractivity contribution in [2.45, 2.75) is 38.5 Å². The van der Waals surface area contributed by atoms with Crippen molar-refractivity contribution in [3.05, 3.63) is 138 Å². The van der Waals surface area contributed by atoms with E-state index < -0.39 is 0 Å². The van der Waals surface area contributed by atoms with E-state index in [0.29, 0.717) is 0 Å². The van der Waals surface area contributed by atoms with Crippen molar-refractivity contribution in [3.8, 4) is 27.9 Å². The highest BCUT2D eigenvalue weighted by Gasteiger charge is 2.41. The Bertz CT molecular complexity index is 2550. The minimum absolute atomic E-state index is 0.0595. The third-order valence-corrected chi connectivity index (χ3v) is 11.9. The second-order valence-corrected chi connectivity index (χ2v) is 14.8. The fourth-order valence-electron chi connectivity index (χ4n) is 8.79. The number of nitrogens with zero attached hydrogens (tertiary/aromatic N) is 1. The van der Waals surface area contributed by atoms with E-state index in [4.69, 9.17) is 0 Å². The van der Waals surface area contributed by atoms with Crippen LogP contribution in [0.2, 0.25) is 0 Å². The van der Waals surface area contributed by atoms with Gasteiger partial charge in [-0.15, -0.1) is 11.3 Å². The fourth-order valence-corrected chi connectivity index (χ4v) is 10.1. The van der Waals surface area contributed by atoms with Gasteiger partial charge in [-0.05, 0) is 63.2 Å². The number of benzene rings is 6. The molecule has 0 spiro atoms. The lowest BCUT2D eigenvalue weighted by Gasteiger charge is -2.23. The third kappa shape index (κ3) is 2.82. The van der Waals surface area contributed by atoms with Gasteiger partial charge in [0.25, 0.3) is 0 Å². The van der Waals surface area contributed by atoms with Gasteiger partial charge in [0.15, 0.2) is 0 Å². The lowest BCUT2D eigenvalue weighted by Crippen LogP contribution is -2.15. The highest BCUT2D eigenvalue weighted by atomic mass is 32.1. The smallest absolute Gasteiger partial charge is 0.0637 e. The number of thiophene rings is 1. The molecule has 0 fully saturated rings. The lowest BCUT2D eigenvalue weighted by molar-refractivity contribution is 0.660. The van der Waals surface area contributed by atoms with Gasteiger partial charge in [0.1, 0.15) is 0 Å². The Morgan fingerprint density at radius 2 is 1.18 bits per heavy atom. The van der Waals surface area contributed by atoms with E-state index in [1.165, 1.54) is 92.2 Å². The van der Waals surface area contributed by atoms with E-state index in [9.17, 15) is 0 Å². The minimum Gasteiger partial charge on any atom is -0.309 e. The molecule has 0 aliphatic heterocycles. The molecule has 2 heteroatoms. The molecule has 0 radical (unpaired) electrons. The number of aromatic nitrogens is 1. The molecule has 2 aliphatic rings. The molecule has 210 valence electrons. The topological polar surface area (TPSA) is 4.93 Å². The average Bonchev–Trinajstić information content (AvgIpc) is 3.72. The van der Waals surface area contributed by atoms with Crippen LogP contribution in [0.25, 0.3) is 69.9 Å². The predicted octanol–water partition coefficient (Wildman–Crippen LogP) is 11.8. The van der Waals surface area contributed by atoms with Crippen molar-refractivity contribution in [1.82, 2.24) is 4.57 Å². The normalized spacial score (nSPS) is 15.6. The SMILES string of the molecule is CC1(C)c2ccccc2-c2ccc(-n3c4ccccc4c4c5sc6ccccc6c5c5c(c43)-c3ccccc3C5(C)C)cc21. The molecule has 6 aromatic carbocycles. The highest BCUT2D eigenvalue weighted by Crippen LogP contribution is 2.59. The molecule has 0 saturated heterocycles. The second-order valence-electron chi connectivity index (χ2n) is 13.7. The van der Waals surface area contributed by atoms with Crippen LogP contribution < -0.4 is 0 Å². The van der Waals surface area contributed by atoms with E-state index >= 15 is 0 Å². The van der Waals surface area contributed by atoms with E-state index in [-0.39, 0.29) is 10.8 Å². The third-order valence-electron chi connectivity index (χ3n) is 10.8. The van der Waals surface area contributed by atoms with E-state index in [1.807, 2.05) is 11.3 Å². The van der Waals surface area contributed by atoms with Gasteiger partial charge in [-0.3, -0.25) is 0 Å². The number of fused-ring (bicyclic) bond motifs is 15. The summed E-state index contributed by atoms with van der Waals surface area (Å²) in [5.74, 6) is 0. The summed E-state index contributed by atoms with van der Waals surface area (Å²) in [5, 5.41) is 5.52. The molecule has 0 atom stereocenters. The van der Waals surface area contributed by atoms with E-state index in [1.54, 1.807) is 0 Å². The van der Waals surface area contributed by atoms with Gasteiger partial charge in [0.05, 0.1) is 11.0 Å². The average molecular weight is 582 g/mol. The number of para-hydroxylation sites is 1. The van der Waals surface area contributed by atoms with Gasteiger partial charge in [0, 0.05) is 53.0 Å². The molecule has 10 rings (SSSR count). The maximum absolute atomic E-state index is 2.59. The molecular formula is C42H31NS. The van der Waals surface area contributed by atoms with Gasteiger partial charge in [0.2, 0.25) is 0 Å². The molecule has 1 nitrogen and oxygen atoms in total. The van der Waals surface area contributed by atoms with E-state index in [2.05, 4.69) is 148 Å². The number of rotatable bonds is 1. The zero-order valence-electron chi connectivity index (χ0n) is 25.3. The van der Waals surface area contributed by atoms with Crippen LogP contribution in [0, 0.1) is 0 Å². The van der Waals surface area contributed by atoms with Crippen molar-refractivity contribution in [2.24, 2.45) is 0 Å². The second kappa shape index (κ2) is 8.08. The molecule has 2 aromatic heterocycles. The molecule has 0 bridgehead atoms. The minimum atomic E-state index is -0.120. The first kappa shape index (κ1) is 24.7. The molecule has 0 saturated carbocycles. The molecule has 0 N–H and O–H groups in total. The van der Waals surface area contributed by atoms with Gasteiger partial charge in [-0.1, -0.05) is 119 Å². The summed E-state index contributed by atoms with van der Waals surface area (Å²) in [4.78, 5) is 0. The molecule has 0 amide bonds. The van der Waals surface area contributed by atoms with Crippen LogP contribution in [0.1, 0.15) is 49.9 Å². The van der Waals surface area contributed by atoms with Crippen molar-refractivity contribution < 1.29 is 0 Å². The standard InChI is InChI=1S/C42H31NS/c1-41(2)30-17-9-5-13-25(30)26-22-21-24(23-32(26)41)43-33-19-11-7-15-28(33)37-39(43)35-27-14-6-10-18-31(27)42(3,4)38(35)36-29-16-8-12-20-34(29)44-40(36)37/h5-23H,1-4H3. The predicted molar refractivity (Wildman–Crippen MR) is 189 cm³/mol. The Labute approximate surface area is 261 Å². The van der Waals surface area contributed by atoms with Crippen LogP contribution in [0.4, 0.5) is 0 Å². The Balaban J connectivity index is 1.43. The molecule has 8 aromatic rings. The van der Waals surface area contributed by atoms with Crippen molar-refractivity contribution >= 4 is 53.3 Å². The molecular weight excluding hydrogens is 551 g/mol. The van der Waals surface area contributed by atoms with Gasteiger partial charge >= 0.3 is 0 Å². The van der Waals surface area contributed by atoms with Crippen LogP contribution in [0.15, 0.2) is 115 Å². The zero-order valence-corrected chi connectivity index (χ0v) is 26.1. The Kier molecular flexibility index (Phi) is 4.54. The Morgan fingerprint density at radius 1 is 0.545 bits per heavy atom. The summed E-state index contributed by atoms with van der Waals surface area (Å²) < 4.78 is 5.35. The Hall–Kier alpha value is -4.66. The van der Waals surface area contributed by atoms with Crippen LogP contribution in [-0.4, -0.2) is 4.57 Å². The van der Waals surface area contributed by atoms with Crippen LogP contribution in [-0.2, 0) is 10.8 Å². The molecule has 0 unspecified atom stereocenters. The number of hydrogen-bond donors (Lipinski definition) is 0. The van der Waals surface area contributed by atoms with Crippen molar-refractivity contribution in [3.63, 3.8) is 0 Å². The maximum atomic E-state index is 2.59. The monoisotopic (exact) mass is 581 g/mol. The van der Waals surface area contributed by atoms with Crippen molar-refractivity contribution in [1.29, 1.82) is 0 Å². The largest absolute Gasteiger partial charge is 0.309 e. The van der Waals surface area contributed by atoms with Gasteiger partial charge in [-0.2, -0.15) is 0 Å². The van der Waals surface area contributed by atoms with Crippen LogP contribution >= 0.6 is 11.3 Å². The first-order valence-corrected chi connectivity index (χ1v) is 16.4. The zero-order chi connectivity index (χ0) is 29.5. The molecule has 44 heavy (non-hydrogen) atoms. The fraction of sp³-hybridized carbons (Fsp3) is 0.143. The summed E-state index contributed by atoms with van der Waals surface area (Å²) in [6.07, 6.45) is 0. The van der Waals surface area contributed by atoms with Crippen LogP contribution in [0.5, 0.6) is 0 Å². The summed E-state index contributed by atoms with van der Waals surface area (Å²) in [7, 11) is 0. The highest BCUT2D eigenvalue weighted by molar-refractivity contribution is 7.26. The Morgan fingerprint density at radius 3 is 2.00 bits per heavy atom. The first-order valence-electron chi connectivity index (χ1n) is 15.6. The first-order chi connectivity index (χ1) is 21.4. The quantitative estimate of drug-likeness (QED) is 0.182. The number of hydrogen-bond acceptors (Lipinski definition) is 1. The summed E-state index contributed by atoms with van der Waals surface area (Å²) in [5.41, 5.74) is 14.9. The van der Waals surface area contributed by atoms with E-state index in [0.717, 1.165) is 0 Å². The van der Waals surface area contributed by atoms with Gasteiger partial charge < -0.3 is 4.57 Å². The van der Waals surface area contributed by atoms with Gasteiger partial charge in [-0.25, -0.2) is 0 Å². The molecule has 2 aliphatic carbocycles. The van der Waals surface area contributed by atoms with Crippen molar-refractivity contribution in [2.75, 3.05) is 0 Å². The molecule has 2 heterocycles. The summed E-state index contributed by atoms with van der Waals surface area (Å²) in [6, 6.07) is 43.4. The summed E-state index contributed by atoms with van der Waals surface area (Å²) >= 11 is 1.96. The van der Waals surface area contributed by atoms with Crippen LogP contribution in [0.3, 0.4) is 0 Å². The lowest BCUT2D eigenvalue weighted by atomic mass is 9.80.